The van der Waals surface area contributed by atoms with Crippen molar-refractivity contribution in [2.75, 3.05) is 5.32 Å². The molecule has 0 aliphatic heterocycles. The highest BCUT2D eigenvalue weighted by Gasteiger charge is 2.18. The van der Waals surface area contributed by atoms with Crippen LogP contribution in [0, 0.1) is 19.7 Å². The molecule has 4 nitrogen and oxygen atoms in total. The molecule has 3 rings (SSSR count). The van der Waals surface area contributed by atoms with Gasteiger partial charge >= 0.3 is 0 Å². The van der Waals surface area contributed by atoms with Gasteiger partial charge in [0.1, 0.15) is 11.5 Å². The van der Waals surface area contributed by atoms with Crippen LogP contribution in [0.25, 0.3) is 5.69 Å². The third-order valence-corrected chi connectivity index (χ3v) is 4.28. The summed E-state index contributed by atoms with van der Waals surface area (Å²) in [5, 5.41) is 7.10. The van der Waals surface area contributed by atoms with Crippen LogP contribution in [-0.4, -0.2) is 15.7 Å². The minimum absolute atomic E-state index is 0.123. The fourth-order valence-electron chi connectivity index (χ4n) is 2.73. The molecule has 0 bridgehead atoms. The second-order valence-electron chi connectivity index (χ2n) is 6.13. The number of rotatable bonds is 4. The third kappa shape index (κ3) is 3.45. The topological polar surface area (TPSA) is 46.9 Å². The van der Waals surface area contributed by atoms with Crippen LogP contribution in [-0.2, 0) is 4.79 Å². The Hall–Kier alpha value is -2.95. The Kier molecular flexibility index (Phi) is 4.65. The van der Waals surface area contributed by atoms with Crippen molar-refractivity contribution in [1.82, 2.24) is 9.78 Å². The monoisotopic (exact) mass is 337 g/mol. The lowest BCUT2D eigenvalue weighted by Gasteiger charge is -2.13. The number of hydrogen-bond acceptors (Lipinski definition) is 2. The molecular formula is C20H20FN3O. The minimum atomic E-state index is -0.361. The smallest absolute Gasteiger partial charge is 0.231 e. The lowest BCUT2D eigenvalue weighted by molar-refractivity contribution is -0.117. The van der Waals surface area contributed by atoms with Gasteiger partial charge in [0.05, 0.1) is 23.5 Å². The summed E-state index contributed by atoms with van der Waals surface area (Å²) in [6, 6.07) is 14.3. The number of para-hydroxylation sites is 1. The standard InChI is InChI=1S/C20H20FN3O/c1-13-7-6-8-16(11-13)14(2)20(25)23-18-12-22-24(15(18)3)19-10-5-4-9-17(19)21/h4-12,14H,1-3H3,(H,23,25)/t14-/m0/s1. The van der Waals surface area contributed by atoms with Crippen LogP contribution in [0.15, 0.2) is 54.7 Å². The van der Waals surface area contributed by atoms with E-state index < -0.39 is 0 Å². The van der Waals surface area contributed by atoms with Gasteiger partial charge in [0.2, 0.25) is 5.91 Å². The number of aryl methyl sites for hydroxylation is 1. The normalized spacial score (nSPS) is 12.0. The Morgan fingerprint density at radius 1 is 1.16 bits per heavy atom. The molecule has 0 radical (unpaired) electrons. The molecular weight excluding hydrogens is 317 g/mol. The zero-order valence-electron chi connectivity index (χ0n) is 14.5. The molecule has 2 aromatic carbocycles. The SMILES string of the molecule is Cc1cccc([C@H](C)C(=O)Nc2cnn(-c3ccccc3F)c2C)c1. The fraction of sp³-hybridized carbons (Fsp3) is 0.200. The summed E-state index contributed by atoms with van der Waals surface area (Å²) < 4.78 is 15.5. The fourth-order valence-corrected chi connectivity index (χ4v) is 2.73. The van der Waals surface area contributed by atoms with Gasteiger partial charge in [-0.2, -0.15) is 5.10 Å². The summed E-state index contributed by atoms with van der Waals surface area (Å²) >= 11 is 0. The maximum absolute atomic E-state index is 14.0. The second kappa shape index (κ2) is 6.89. The summed E-state index contributed by atoms with van der Waals surface area (Å²) in [6.07, 6.45) is 1.54. The summed E-state index contributed by atoms with van der Waals surface area (Å²) in [5.41, 5.74) is 3.67. The number of aromatic nitrogens is 2. The second-order valence-corrected chi connectivity index (χ2v) is 6.13. The molecule has 0 aliphatic rings. The lowest BCUT2D eigenvalue weighted by Crippen LogP contribution is -2.19. The molecule has 0 spiro atoms. The molecule has 3 aromatic rings. The van der Waals surface area contributed by atoms with Gasteiger partial charge in [-0.1, -0.05) is 42.0 Å². The number of nitrogens with one attached hydrogen (secondary N) is 1. The molecule has 1 N–H and O–H groups in total. The van der Waals surface area contributed by atoms with E-state index in [1.807, 2.05) is 38.1 Å². The molecule has 1 atom stereocenters. The van der Waals surface area contributed by atoms with Crippen LogP contribution < -0.4 is 5.32 Å². The van der Waals surface area contributed by atoms with Gasteiger partial charge < -0.3 is 5.32 Å². The molecule has 1 amide bonds. The van der Waals surface area contributed by atoms with Crippen molar-refractivity contribution in [2.24, 2.45) is 0 Å². The number of anilines is 1. The largest absolute Gasteiger partial charge is 0.323 e. The van der Waals surface area contributed by atoms with Crippen molar-refractivity contribution in [2.45, 2.75) is 26.7 Å². The first kappa shape index (κ1) is 16.9. The Balaban J connectivity index is 1.82. The maximum atomic E-state index is 14.0. The number of carbonyl (C=O) groups is 1. The Labute approximate surface area is 146 Å². The van der Waals surface area contributed by atoms with Gasteiger partial charge in [0.15, 0.2) is 0 Å². The van der Waals surface area contributed by atoms with Crippen molar-refractivity contribution < 1.29 is 9.18 Å². The lowest BCUT2D eigenvalue weighted by atomic mass is 9.98. The minimum Gasteiger partial charge on any atom is -0.323 e. The zero-order chi connectivity index (χ0) is 18.0. The Morgan fingerprint density at radius 2 is 1.92 bits per heavy atom. The van der Waals surface area contributed by atoms with Crippen LogP contribution in [0.2, 0.25) is 0 Å². The van der Waals surface area contributed by atoms with E-state index in [0.29, 0.717) is 17.1 Å². The number of halogens is 1. The Bertz CT molecular complexity index is 917. The van der Waals surface area contributed by atoms with E-state index >= 15 is 0 Å². The predicted molar refractivity (Wildman–Crippen MR) is 96.5 cm³/mol. The number of nitrogens with zero attached hydrogens (tertiary/aromatic N) is 2. The number of hydrogen-bond donors (Lipinski definition) is 1. The van der Waals surface area contributed by atoms with E-state index in [0.717, 1.165) is 11.1 Å². The van der Waals surface area contributed by atoms with Crippen LogP contribution in [0.1, 0.15) is 29.7 Å². The molecule has 1 heterocycles. The van der Waals surface area contributed by atoms with Crippen molar-refractivity contribution in [1.29, 1.82) is 0 Å². The van der Waals surface area contributed by atoms with Gasteiger partial charge in [0, 0.05) is 0 Å². The van der Waals surface area contributed by atoms with Crippen molar-refractivity contribution in [3.8, 4) is 5.69 Å². The quantitative estimate of drug-likeness (QED) is 0.768. The summed E-state index contributed by atoms with van der Waals surface area (Å²) in [5.74, 6) is -0.780. The van der Waals surface area contributed by atoms with E-state index in [1.165, 1.54) is 10.7 Å². The van der Waals surface area contributed by atoms with Crippen LogP contribution >= 0.6 is 0 Å². The van der Waals surface area contributed by atoms with E-state index in [4.69, 9.17) is 0 Å². The molecule has 0 saturated carbocycles. The van der Waals surface area contributed by atoms with E-state index in [-0.39, 0.29) is 17.6 Å². The summed E-state index contributed by atoms with van der Waals surface area (Å²) in [7, 11) is 0. The van der Waals surface area contributed by atoms with E-state index in [2.05, 4.69) is 10.4 Å². The van der Waals surface area contributed by atoms with Gasteiger partial charge in [0.25, 0.3) is 0 Å². The van der Waals surface area contributed by atoms with Gasteiger partial charge in [-0.05, 0) is 38.5 Å². The van der Waals surface area contributed by atoms with Crippen molar-refractivity contribution in [3.63, 3.8) is 0 Å². The van der Waals surface area contributed by atoms with Crippen LogP contribution in [0.5, 0.6) is 0 Å². The molecule has 128 valence electrons. The van der Waals surface area contributed by atoms with E-state index in [9.17, 15) is 9.18 Å². The summed E-state index contributed by atoms with van der Waals surface area (Å²) in [4.78, 5) is 12.6. The number of carbonyl (C=O) groups excluding carboxylic acids is 1. The molecule has 0 fully saturated rings. The number of benzene rings is 2. The highest BCUT2D eigenvalue weighted by Crippen LogP contribution is 2.23. The molecule has 25 heavy (non-hydrogen) atoms. The first-order valence-corrected chi connectivity index (χ1v) is 8.14. The van der Waals surface area contributed by atoms with Gasteiger partial charge in [-0.15, -0.1) is 0 Å². The van der Waals surface area contributed by atoms with Gasteiger partial charge in [-0.25, -0.2) is 9.07 Å². The third-order valence-electron chi connectivity index (χ3n) is 4.28. The first-order chi connectivity index (χ1) is 12.0. The Morgan fingerprint density at radius 3 is 2.64 bits per heavy atom. The molecule has 0 saturated heterocycles. The molecule has 0 aliphatic carbocycles. The van der Waals surface area contributed by atoms with Crippen molar-refractivity contribution in [3.05, 3.63) is 77.4 Å². The predicted octanol–water partition coefficient (Wildman–Crippen LogP) is 4.37. The maximum Gasteiger partial charge on any atom is 0.231 e. The van der Waals surface area contributed by atoms with Crippen LogP contribution in [0.4, 0.5) is 10.1 Å². The highest BCUT2D eigenvalue weighted by molar-refractivity contribution is 5.96. The van der Waals surface area contributed by atoms with Gasteiger partial charge in [-0.3, -0.25) is 4.79 Å². The number of amides is 1. The molecule has 0 unspecified atom stereocenters. The highest BCUT2D eigenvalue weighted by atomic mass is 19.1. The molecule has 1 aromatic heterocycles. The molecule has 5 heteroatoms. The zero-order valence-corrected chi connectivity index (χ0v) is 14.5. The summed E-state index contributed by atoms with van der Waals surface area (Å²) in [6.45, 7) is 5.66. The van der Waals surface area contributed by atoms with Crippen LogP contribution in [0.3, 0.4) is 0 Å². The average Bonchev–Trinajstić information content (AvgIpc) is 2.95. The van der Waals surface area contributed by atoms with Crippen molar-refractivity contribution >= 4 is 11.6 Å². The van der Waals surface area contributed by atoms with E-state index in [1.54, 1.807) is 31.3 Å². The first-order valence-electron chi connectivity index (χ1n) is 8.14. The average molecular weight is 337 g/mol.